The molecule has 0 aliphatic carbocycles. The van der Waals surface area contributed by atoms with Gasteiger partial charge in [-0.05, 0) is 6.92 Å². The molecule has 0 atom stereocenters. The van der Waals surface area contributed by atoms with E-state index in [0.29, 0.717) is 0 Å². The minimum Gasteiger partial charge on any atom is -0.462 e. The van der Waals surface area contributed by atoms with Crippen molar-refractivity contribution in [2.75, 3.05) is 6.61 Å². The van der Waals surface area contributed by atoms with E-state index < -0.39 is 57.0 Å². The van der Waals surface area contributed by atoms with Crippen LogP contribution in [0.2, 0.25) is 0 Å². The SMILES string of the molecule is CCOC(=O)c1c(F)c(F)c(F)c2c(=O)c(F)c(-c3ccccc3)oc12. The first-order chi connectivity index (χ1) is 12.4. The molecule has 0 saturated carbocycles. The largest absolute Gasteiger partial charge is 0.462 e. The van der Waals surface area contributed by atoms with Gasteiger partial charge in [-0.25, -0.2) is 18.0 Å². The van der Waals surface area contributed by atoms with Crippen molar-refractivity contribution in [3.8, 4) is 11.3 Å². The second-order valence-corrected chi connectivity index (χ2v) is 5.18. The predicted molar refractivity (Wildman–Crippen MR) is 83.7 cm³/mol. The van der Waals surface area contributed by atoms with Gasteiger partial charge in [0.05, 0.1) is 6.61 Å². The van der Waals surface area contributed by atoms with Gasteiger partial charge < -0.3 is 9.15 Å². The van der Waals surface area contributed by atoms with E-state index >= 15 is 0 Å². The number of halogens is 4. The fourth-order valence-electron chi connectivity index (χ4n) is 2.47. The van der Waals surface area contributed by atoms with Gasteiger partial charge in [0, 0.05) is 5.56 Å². The van der Waals surface area contributed by atoms with Crippen molar-refractivity contribution < 1.29 is 31.5 Å². The lowest BCUT2D eigenvalue weighted by atomic mass is 10.1. The molecule has 2 aromatic carbocycles. The van der Waals surface area contributed by atoms with Crippen LogP contribution in [-0.2, 0) is 4.74 Å². The van der Waals surface area contributed by atoms with Crippen LogP contribution in [0.25, 0.3) is 22.3 Å². The molecule has 0 aliphatic heterocycles. The molecule has 0 amide bonds. The first-order valence-corrected chi connectivity index (χ1v) is 7.43. The Balaban J connectivity index is 2.49. The third-order valence-electron chi connectivity index (χ3n) is 3.62. The number of esters is 1. The summed E-state index contributed by atoms with van der Waals surface area (Å²) in [6.45, 7) is 1.21. The number of hydrogen-bond acceptors (Lipinski definition) is 4. The topological polar surface area (TPSA) is 56.5 Å². The van der Waals surface area contributed by atoms with E-state index in [0.717, 1.165) is 0 Å². The lowest BCUT2D eigenvalue weighted by Gasteiger charge is -2.11. The Morgan fingerprint density at radius 1 is 1.00 bits per heavy atom. The zero-order chi connectivity index (χ0) is 19.0. The summed E-state index contributed by atoms with van der Waals surface area (Å²) >= 11 is 0. The molecule has 0 aliphatic rings. The van der Waals surface area contributed by atoms with Crippen LogP contribution in [0.4, 0.5) is 17.6 Å². The van der Waals surface area contributed by atoms with E-state index in [1.165, 1.54) is 31.2 Å². The number of carbonyl (C=O) groups is 1. The molecular formula is C18H10F4O4. The van der Waals surface area contributed by atoms with E-state index in [1.54, 1.807) is 6.07 Å². The van der Waals surface area contributed by atoms with Crippen LogP contribution in [0.5, 0.6) is 0 Å². The molecule has 4 nitrogen and oxygen atoms in total. The third-order valence-corrected chi connectivity index (χ3v) is 3.62. The van der Waals surface area contributed by atoms with Gasteiger partial charge in [0.15, 0.2) is 28.8 Å². The van der Waals surface area contributed by atoms with Crippen LogP contribution in [-0.4, -0.2) is 12.6 Å². The van der Waals surface area contributed by atoms with Gasteiger partial charge in [-0.1, -0.05) is 30.3 Å². The second kappa shape index (κ2) is 6.62. The van der Waals surface area contributed by atoms with Gasteiger partial charge in [0.25, 0.3) is 0 Å². The highest BCUT2D eigenvalue weighted by Gasteiger charge is 2.31. The van der Waals surface area contributed by atoms with E-state index in [-0.39, 0.29) is 12.2 Å². The summed E-state index contributed by atoms with van der Waals surface area (Å²) in [5.74, 6) is -9.44. The van der Waals surface area contributed by atoms with Crippen molar-refractivity contribution in [1.29, 1.82) is 0 Å². The van der Waals surface area contributed by atoms with Crippen LogP contribution in [0, 0.1) is 23.3 Å². The Bertz CT molecular complexity index is 1070. The first kappa shape index (κ1) is 17.7. The quantitative estimate of drug-likeness (QED) is 0.396. The van der Waals surface area contributed by atoms with Gasteiger partial charge in [-0.2, -0.15) is 4.39 Å². The van der Waals surface area contributed by atoms with Crippen LogP contribution in [0.1, 0.15) is 17.3 Å². The van der Waals surface area contributed by atoms with Crippen molar-refractivity contribution in [2.45, 2.75) is 6.92 Å². The zero-order valence-electron chi connectivity index (χ0n) is 13.2. The summed E-state index contributed by atoms with van der Waals surface area (Å²) in [6.07, 6.45) is 0. The fourth-order valence-corrected chi connectivity index (χ4v) is 2.47. The highest BCUT2D eigenvalue weighted by molar-refractivity contribution is 6.02. The van der Waals surface area contributed by atoms with Crippen molar-refractivity contribution >= 4 is 16.9 Å². The molecule has 0 fully saturated rings. The van der Waals surface area contributed by atoms with Crippen LogP contribution in [0.15, 0.2) is 39.5 Å². The minimum atomic E-state index is -2.10. The van der Waals surface area contributed by atoms with E-state index in [9.17, 15) is 27.2 Å². The van der Waals surface area contributed by atoms with Crippen molar-refractivity contribution in [2.24, 2.45) is 0 Å². The molecule has 8 heteroatoms. The molecule has 0 saturated heterocycles. The molecule has 134 valence electrons. The number of benzene rings is 2. The van der Waals surface area contributed by atoms with Crippen LogP contribution < -0.4 is 5.43 Å². The van der Waals surface area contributed by atoms with E-state index in [1.807, 2.05) is 0 Å². The van der Waals surface area contributed by atoms with Gasteiger partial charge in [-0.3, -0.25) is 4.79 Å². The summed E-state index contributed by atoms with van der Waals surface area (Å²) in [5.41, 5.74) is -3.52. The van der Waals surface area contributed by atoms with Crippen molar-refractivity contribution in [1.82, 2.24) is 0 Å². The molecule has 3 rings (SSSR count). The summed E-state index contributed by atoms with van der Waals surface area (Å²) in [7, 11) is 0. The van der Waals surface area contributed by atoms with Crippen LogP contribution >= 0.6 is 0 Å². The number of hydrogen-bond donors (Lipinski definition) is 0. The molecule has 0 spiro atoms. The standard InChI is InChI=1S/C18H10F4O4/c1-2-25-18(24)10-12(20)13(21)11(19)9-15(23)14(22)16(26-17(9)10)8-6-4-3-5-7-8/h3-7H,2H2,1H3. The zero-order valence-corrected chi connectivity index (χ0v) is 13.2. The van der Waals surface area contributed by atoms with Crippen LogP contribution in [0.3, 0.4) is 0 Å². The predicted octanol–water partition coefficient (Wildman–Crippen LogP) is 4.19. The van der Waals surface area contributed by atoms with Gasteiger partial charge in [-0.15, -0.1) is 0 Å². The minimum absolute atomic E-state index is 0.0870. The van der Waals surface area contributed by atoms with Gasteiger partial charge in [0.1, 0.15) is 10.9 Å². The molecule has 1 aromatic heterocycles. The molecule has 26 heavy (non-hydrogen) atoms. The number of ether oxygens (including phenoxy) is 1. The normalized spacial score (nSPS) is 11.0. The average molecular weight is 366 g/mol. The molecular weight excluding hydrogens is 356 g/mol. The maximum atomic E-state index is 14.4. The Morgan fingerprint density at radius 3 is 2.27 bits per heavy atom. The summed E-state index contributed by atoms with van der Waals surface area (Å²) in [4.78, 5) is 24.2. The summed E-state index contributed by atoms with van der Waals surface area (Å²) in [5, 5.41) is -1.20. The Morgan fingerprint density at radius 2 is 1.65 bits per heavy atom. The lowest BCUT2D eigenvalue weighted by molar-refractivity contribution is 0.0520. The Kier molecular flexibility index (Phi) is 4.50. The number of fused-ring (bicyclic) bond motifs is 1. The maximum Gasteiger partial charge on any atom is 0.345 e. The monoisotopic (exact) mass is 366 g/mol. The summed E-state index contributed by atoms with van der Waals surface area (Å²) in [6, 6.07) is 7.40. The molecule has 0 unspecified atom stereocenters. The molecule has 0 bridgehead atoms. The second-order valence-electron chi connectivity index (χ2n) is 5.18. The molecule has 0 radical (unpaired) electrons. The van der Waals surface area contributed by atoms with Gasteiger partial charge in [0.2, 0.25) is 11.2 Å². The van der Waals surface area contributed by atoms with E-state index in [4.69, 9.17) is 4.42 Å². The number of rotatable bonds is 3. The first-order valence-electron chi connectivity index (χ1n) is 7.43. The third kappa shape index (κ3) is 2.63. The smallest absolute Gasteiger partial charge is 0.345 e. The highest BCUT2D eigenvalue weighted by Crippen LogP contribution is 2.31. The maximum absolute atomic E-state index is 14.4. The Hall–Kier alpha value is -3.16. The van der Waals surface area contributed by atoms with Crippen molar-refractivity contribution in [3.63, 3.8) is 0 Å². The molecule has 0 N–H and O–H groups in total. The molecule has 1 heterocycles. The average Bonchev–Trinajstić information content (AvgIpc) is 2.63. The number of carbonyl (C=O) groups excluding carboxylic acids is 1. The summed E-state index contributed by atoms with van der Waals surface area (Å²) < 4.78 is 66.2. The van der Waals surface area contributed by atoms with Gasteiger partial charge >= 0.3 is 5.97 Å². The van der Waals surface area contributed by atoms with Crippen molar-refractivity contribution in [3.05, 3.63) is 69.4 Å². The highest BCUT2D eigenvalue weighted by atomic mass is 19.2. The van der Waals surface area contributed by atoms with E-state index in [2.05, 4.69) is 4.74 Å². The Labute approximate surface area is 143 Å². The lowest BCUT2D eigenvalue weighted by Crippen LogP contribution is -2.17. The fraction of sp³-hybridized carbons (Fsp3) is 0.111. The molecule has 3 aromatic rings.